The van der Waals surface area contributed by atoms with Gasteiger partial charge in [-0.3, -0.25) is 14.6 Å². The first kappa shape index (κ1) is 18.8. The molecule has 0 unspecified atom stereocenters. The number of carbonyl (C=O) groups is 1. The molecule has 6 nitrogen and oxygen atoms in total. The van der Waals surface area contributed by atoms with Crippen molar-refractivity contribution in [3.05, 3.63) is 74.3 Å². The van der Waals surface area contributed by atoms with E-state index in [1.165, 1.54) is 0 Å². The van der Waals surface area contributed by atoms with E-state index in [9.17, 15) is 9.59 Å². The molecule has 1 aliphatic heterocycles. The van der Waals surface area contributed by atoms with E-state index in [1.54, 1.807) is 35.5 Å². The predicted octanol–water partition coefficient (Wildman–Crippen LogP) is 3.45. The Hall–Kier alpha value is -2.51. The Labute approximate surface area is 170 Å². The maximum Gasteiger partial charge on any atom is 0.290 e. The highest BCUT2D eigenvalue weighted by Gasteiger charge is 2.42. The summed E-state index contributed by atoms with van der Waals surface area (Å²) in [5.74, 6) is -0.0935. The summed E-state index contributed by atoms with van der Waals surface area (Å²) in [6.45, 7) is 1.38. The van der Waals surface area contributed by atoms with E-state index >= 15 is 0 Å². The van der Waals surface area contributed by atoms with Crippen molar-refractivity contribution in [3.63, 3.8) is 0 Å². The van der Waals surface area contributed by atoms with Crippen molar-refractivity contribution in [2.75, 3.05) is 27.2 Å². The minimum absolute atomic E-state index is 0.145. The molecule has 3 aromatic rings. The van der Waals surface area contributed by atoms with Gasteiger partial charge < -0.3 is 14.2 Å². The Morgan fingerprint density at radius 1 is 1.18 bits per heavy atom. The predicted molar refractivity (Wildman–Crippen MR) is 110 cm³/mol. The third-order valence-electron chi connectivity index (χ3n) is 4.95. The summed E-state index contributed by atoms with van der Waals surface area (Å²) in [5, 5.41) is 0.468. The Morgan fingerprint density at radius 3 is 2.64 bits per heavy atom. The molecule has 1 amide bonds. The molecular weight excluding hydrogens is 422 g/mol. The number of fused-ring (bicyclic) bond motifs is 2. The Morgan fingerprint density at radius 2 is 1.93 bits per heavy atom. The van der Waals surface area contributed by atoms with Crippen molar-refractivity contribution in [3.8, 4) is 0 Å². The number of halogens is 1. The van der Waals surface area contributed by atoms with Crippen molar-refractivity contribution < 1.29 is 9.21 Å². The first-order valence-corrected chi connectivity index (χ1v) is 9.88. The fourth-order valence-electron chi connectivity index (χ4n) is 3.67. The maximum absolute atomic E-state index is 13.3. The van der Waals surface area contributed by atoms with Gasteiger partial charge in [0.1, 0.15) is 5.58 Å². The quantitative estimate of drug-likeness (QED) is 0.606. The molecule has 1 aliphatic rings. The molecule has 0 bridgehead atoms. The van der Waals surface area contributed by atoms with E-state index in [4.69, 9.17) is 4.42 Å². The zero-order chi connectivity index (χ0) is 19.8. The fourth-order valence-corrected chi connectivity index (χ4v) is 4.03. The van der Waals surface area contributed by atoms with Crippen LogP contribution in [0.3, 0.4) is 0 Å². The van der Waals surface area contributed by atoms with Crippen molar-refractivity contribution in [2.45, 2.75) is 12.5 Å². The first-order chi connectivity index (χ1) is 13.5. The molecule has 0 aliphatic carbocycles. The first-order valence-electron chi connectivity index (χ1n) is 9.09. The molecule has 0 radical (unpaired) electrons. The van der Waals surface area contributed by atoms with Gasteiger partial charge in [-0.15, -0.1) is 0 Å². The van der Waals surface area contributed by atoms with E-state index in [1.807, 2.05) is 26.2 Å². The summed E-state index contributed by atoms with van der Waals surface area (Å²) in [5.41, 5.74) is 1.52. The number of hydrogen-bond donors (Lipinski definition) is 0. The lowest BCUT2D eigenvalue weighted by Crippen LogP contribution is -2.32. The minimum Gasteiger partial charge on any atom is -0.450 e. The second-order valence-corrected chi connectivity index (χ2v) is 8.07. The van der Waals surface area contributed by atoms with Crippen LogP contribution >= 0.6 is 15.9 Å². The summed E-state index contributed by atoms with van der Waals surface area (Å²) < 4.78 is 6.72. The van der Waals surface area contributed by atoms with Gasteiger partial charge in [0.2, 0.25) is 5.76 Å². The van der Waals surface area contributed by atoms with Crippen molar-refractivity contribution in [1.82, 2.24) is 14.8 Å². The molecule has 0 N–H and O–H groups in total. The number of amides is 1. The number of nitrogens with zero attached hydrogens (tertiary/aromatic N) is 3. The molecule has 4 rings (SSSR count). The molecule has 0 saturated carbocycles. The number of hydrogen-bond acceptors (Lipinski definition) is 5. The van der Waals surface area contributed by atoms with Gasteiger partial charge in [0.25, 0.3) is 5.91 Å². The Bertz CT molecular complexity index is 1100. The standard InChI is InChI=1S/C21H20BrN3O3/c1-24(2)10-3-11-25-18(13-6-8-23-9-7-13)17-19(26)15-12-14(22)4-5-16(15)28-20(17)21(25)27/h4-9,12,18H,3,10-11H2,1-2H3/t18-/m0/s1. The van der Waals surface area contributed by atoms with Crippen LogP contribution < -0.4 is 5.43 Å². The molecule has 0 fully saturated rings. The van der Waals surface area contributed by atoms with E-state index in [0.717, 1.165) is 23.0 Å². The van der Waals surface area contributed by atoms with Gasteiger partial charge in [-0.2, -0.15) is 0 Å². The molecular formula is C21H20BrN3O3. The zero-order valence-electron chi connectivity index (χ0n) is 15.7. The van der Waals surface area contributed by atoms with E-state index in [0.29, 0.717) is 23.1 Å². The number of carbonyl (C=O) groups excluding carboxylic acids is 1. The van der Waals surface area contributed by atoms with Crippen molar-refractivity contribution in [1.29, 1.82) is 0 Å². The molecule has 0 spiro atoms. The third-order valence-corrected chi connectivity index (χ3v) is 5.45. The van der Waals surface area contributed by atoms with Gasteiger partial charge >= 0.3 is 0 Å². The van der Waals surface area contributed by atoms with Crippen LogP contribution in [0.2, 0.25) is 0 Å². The molecule has 144 valence electrons. The molecule has 2 aromatic heterocycles. The van der Waals surface area contributed by atoms with Crippen LogP contribution in [0, 0.1) is 0 Å². The molecule has 7 heteroatoms. The smallest absolute Gasteiger partial charge is 0.290 e. The molecule has 28 heavy (non-hydrogen) atoms. The van der Waals surface area contributed by atoms with Crippen LogP contribution in [-0.4, -0.2) is 47.9 Å². The lowest BCUT2D eigenvalue weighted by atomic mass is 9.99. The second-order valence-electron chi connectivity index (χ2n) is 7.15. The van der Waals surface area contributed by atoms with Crippen LogP contribution in [0.15, 0.2) is 56.4 Å². The minimum atomic E-state index is -0.465. The largest absolute Gasteiger partial charge is 0.450 e. The summed E-state index contributed by atoms with van der Waals surface area (Å²) in [6.07, 6.45) is 4.15. The van der Waals surface area contributed by atoms with Crippen LogP contribution in [0.5, 0.6) is 0 Å². The SMILES string of the molecule is CN(C)CCCN1C(=O)c2oc3ccc(Br)cc3c(=O)c2[C@@H]1c1ccncc1. The highest BCUT2D eigenvalue weighted by atomic mass is 79.9. The lowest BCUT2D eigenvalue weighted by Gasteiger charge is -2.25. The summed E-state index contributed by atoms with van der Waals surface area (Å²) in [7, 11) is 3.99. The third kappa shape index (κ3) is 3.25. The number of benzene rings is 1. The lowest BCUT2D eigenvalue weighted by molar-refractivity contribution is 0.0722. The topological polar surface area (TPSA) is 66.7 Å². The normalized spacial score (nSPS) is 16.2. The van der Waals surface area contributed by atoms with Gasteiger partial charge in [0, 0.05) is 23.4 Å². The maximum atomic E-state index is 13.3. The zero-order valence-corrected chi connectivity index (χ0v) is 17.3. The van der Waals surface area contributed by atoms with E-state index < -0.39 is 6.04 Å². The molecule has 1 atom stereocenters. The summed E-state index contributed by atoms with van der Waals surface area (Å²) in [4.78, 5) is 34.4. The van der Waals surface area contributed by atoms with Gasteiger partial charge in [0.05, 0.1) is 17.0 Å². The van der Waals surface area contributed by atoms with Crippen molar-refractivity contribution in [2.24, 2.45) is 0 Å². The van der Waals surface area contributed by atoms with Crippen LogP contribution in [0.25, 0.3) is 11.0 Å². The molecule has 0 saturated heterocycles. The number of pyridine rings is 1. The van der Waals surface area contributed by atoms with Gasteiger partial charge in [-0.25, -0.2) is 0 Å². The van der Waals surface area contributed by atoms with Crippen molar-refractivity contribution >= 4 is 32.8 Å². The average molecular weight is 442 g/mol. The summed E-state index contributed by atoms with van der Waals surface area (Å²) >= 11 is 3.41. The Kier molecular flexibility index (Phi) is 5.03. The van der Waals surface area contributed by atoms with Gasteiger partial charge in [0.15, 0.2) is 5.43 Å². The second kappa shape index (κ2) is 7.48. The highest BCUT2D eigenvalue weighted by Crippen LogP contribution is 2.38. The average Bonchev–Trinajstić information content (AvgIpc) is 2.95. The Balaban J connectivity index is 1.88. The summed E-state index contributed by atoms with van der Waals surface area (Å²) in [6, 6.07) is 8.47. The van der Waals surface area contributed by atoms with Crippen LogP contribution in [0.1, 0.15) is 34.1 Å². The van der Waals surface area contributed by atoms with Crippen LogP contribution in [0.4, 0.5) is 0 Å². The molecule has 3 heterocycles. The highest BCUT2D eigenvalue weighted by molar-refractivity contribution is 9.10. The van der Waals surface area contributed by atoms with E-state index in [-0.39, 0.29) is 17.1 Å². The number of aromatic nitrogens is 1. The fraction of sp³-hybridized carbons (Fsp3) is 0.286. The van der Waals surface area contributed by atoms with E-state index in [2.05, 4.69) is 25.8 Å². The van der Waals surface area contributed by atoms with Crippen LogP contribution in [-0.2, 0) is 0 Å². The molecule has 1 aromatic carbocycles. The monoisotopic (exact) mass is 441 g/mol. The van der Waals surface area contributed by atoms with Gasteiger partial charge in [-0.1, -0.05) is 15.9 Å². The number of rotatable bonds is 5. The van der Waals surface area contributed by atoms with Gasteiger partial charge in [-0.05, 0) is 63.0 Å².